The summed E-state index contributed by atoms with van der Waals surface area (Å²) in [5.74, 6) is -0.634. The molecule has 0 spiro atoms. The van der Waals surface area contributed by atoms with E-state index in [-0.39, 0.29) is 23.7 Å². The lowest BCUT2D eigenvalue weighted by atomic mass is 10.1. The zero-order valence-corrected chi connectivity index (χ0v) is 12.2. The second-order valence-electron chi connectivity index (χ2n) is 4.59. The first kappa shape index (κ1) is 16.3. The Balaban J connectivity index is 2.01. The number of fused-ring (bicyclic) bond motifs is 1. The van der Waals surface area contributed by atoms with Crippen LogP contribution in [0.2, 0.25) is 0 Å². The summed E-state index contributed by atoms with van der Waals surface area (Å²) in [6, 6.07) is 3.83. The van der Waals surface area contributed by atoms with Crippen LogP contribution in [0.4, 0.5) is 0 Å². The Bertz CT molecular complexity index is 677. The molecule has 0 aliphatic heterocycles. The van der Waals surface area contributed by atoms with Gasteiger partial charge in [0.15, 0.2) is 11.5 Å². The van der Waals surface area contributed by atoms with Gasteiger partial charge in [-0.1, -0.05) is 0 Å². The molecule has 120 valence electrons. The second-order valence-corrected chi connectivity index (χ2v) is 4.59. The molecule has 1 heterocycles. The Morgan fingerprint density at radius 2 is 1.68 bits per heavy atom. The van der Waals surface area contributed by atoms with E-state index in [1.165, 1.54) is 18.2 Å². The molecule has 0 saturated carbocycles. The summed E-state index contributed by atoms with van der Waals surface area (Å²) in [5.41, 5.74) is 0.212. The van der Waals surface area contributed by atoms with Gasteiger partial charge in [-0.25, -0.2) is 4.79 Å². The van der Waals surface area contributed by atoms with E-state index in [0.717, 1.165) is 0 Å². The molecule has 0 amide bonds. The third-order valence-electron chi connectivity index (χ3n) is 2.99. The summed E-state index contributed by atoms with van der Waals surface area (Å²) in [6.45, 7) is 1.95. The Morgan fingerprint density at radius 1 is 1.00 bits per heavy atom. The van der Waals surface area contributed by atoms with Crippen LogP contribution in [0.3, 0.4) is 0 Å². The van der Waals surface area contributed by atoms with Crippen LogP contribution in [0.1, 0.15) is 5.56 Å². The molecule has 0 unspecified atom stereocenters. The number of rotatable bonds is 8. The minimum atomic E-state index is -0.549. The zero-order chi connectivity index (χ0) is 15.9. The predicted octanol–water partition coefficient (Wildman–Crippen LogP) is 1.38. The molecule has 1 aromatic heterocycles. The maximum absolute atomic E-state index is 11.5. The first-order chi connectivity index (χ1) is 10.6. The van der Waals surface area contributed by atoms with E-state index in [1.54, 1.807) is 7.11 Å². The molecule has 22 heavy (non-hydrogen) atoms. The average molecular weight is 310 g/mol. The van der Waals surface area contributed by atoms with E-state index in [2.05, 4.69) is 0 Å². The molecule has 0 atom stereocenters. The van der Waals surface area contributed by atoms with Crippen LogP contribution in [0.15, 0.2) is 27.4 Å². The van der Waals surface area contributed by atoms with Gasteiger partial charge in [0.1, 0.15) is 5.58 Å². The number of hydrogen-bond donors (Lipinski definition) is 2. The lowest BCUT2D eigenvalue weighted by Gasteiger charge is -2.08. The van der Waals surface area contributed by atoms with E-state index >= 15 is 0 Å². The number of ether oxygens (including phenoxy) is 3. The molecule has 0 fully saturated rings. The number of phenols is 2. The van der Waals surface area contributed by atoms with Gasteiger partial charge in [0, 0.05) is 24.6 Å². The topological polar surface area (TPSA) is 98.4 Å². The van der Waals surface area contributed by atoms with Crippen LogP contribution in [0, 0.1) is 0 Å². The van der Waals surface area contributed by atoms with Gasteiger partial charge in [-0.3, -0.25) is 0 Å². The second kappa shape index (κ2) is 7.79. The van der Waals surface area contributed by atoms with Crippen molar-refractivity contribution < 1.29 is 28.8 Å². The van der Waals surface area contributed by atoms with Crippen LogP contribution in [-0.2, 0) is 20.8 Å². The van der Waals surface area contributed by atoms with E-state index in [1.807, 2.05) is 0 Å². The lowest BCUT2D eigenvalue weighted by Crippen LogP contribution is -2.09. The quantitative estimate of drug-likeness (QED) is 0.432. The molecular formula is C15H18O7. The van der Waals surface area contributed by atoms with E-state index in [0.29, 0.717) is 37.4 Å². The molecule has 0 aliphatic rings. The maximum Gasteiger partial charge on any atom is 0.336 e. The van der Waals surface area contributed by atoms with Crippen LogP contribution < -0.4 is 5.63 Å². The monoisotopic (exact) mass is 310 g/mol. The third-order valence-corrected chi connectivity index (χ3v) is 2.99. The lowest BCUT2D eigenvalue weighted by molar-refractivity contribution is 0.0201. The number of aromatic hydroxyl groups is 2. The summed E-state index contributed by atoms with van der Waals surface area (Å²) in [7, 11) is 1.60. The van der Waals surface area contributed by atoms with Crippen LogP contribution >= 0.6 is 0 Å². The fourth-order valence-electron chi connectivity index (χ4n) is 1.91. The molecule has 0 radical (unpaired) electrons. The summed E-state index contributed by atoms with van der Waals surface area (Å²) in [6.07, 6.45) is 0. The minimum Gasteiger partial charge on any atom is -0.504 e. The molecule has 2 rings (SSSR count). The first-order valence-corrected chi connectivity index (χ1v) is 6.75. The molecule has 0 saturated heterocycles. The highest BCUT2D eigenvalue weighted by Gasteiger charge is 2.10. The van der Waals surface area contributed by atoms with Crippen molar-refractivity contribution in [2.24, 2.45) is 0 Å². The SMILES string of the molecule is COCCOCCOCc1cc(=O)oc2cc(O)c(O)cc12. The third kappa shape index (κ3) is 4.20. The molecule has 2 aromatic rings. The number of methoxy groups -OCH3 is 1. The molecular weight excluding hydrogens is 292 g/mol. The molecule has 1 aromatic carbocycles. The summed E-state index contributed by atoms with van der Waals surface area (Å²) >= 11 is 0. The normalized spacial score (nSPS) is 11.1. The van der Waals surface area contributed by atoms with Crippen molar-refractivity contribution in [3.05, 3.63) is 34.2 Å². The molecule has 7 heteroatoms. The Labute approximate surface area is 126 Å². The van der Waals surface area contributed by atoms with Gasteiger partial charge in [-0.2, -0.15) is 0 Å². The summed E-state index contributed by atoms with van der Waals surface area (Å²) in [4.78, 5) is 11.5. The molecule has 0 aliphatic carbocycles. The fraction of sp³-hybridized carbons (Fsp3) is 0.400. The van der Waals surface area contributed by atoms with Gasteiger partial charge in [-0.15, -0.1) is 0 Å². The highest BCUT2D eigenvalue weighted by Crippen LogP contribution is 2.31. The predicted molar refractivity (Wildman–Crippen MR) is 78.2 cm³/mol. The van der Waals surface area contributed by atoms with Gasteiger partial charge < -0.3 is 28.8 Å². The van der Waals surface area contributed by atoms with Crippen molar-refractivity contribution >= 4 is 11.0 Å². The van der Waals surface area contributed by atoms with E-state index in [9.17, 15) is 15.0 Å². The Kier molecular flexibility index (Phi) is 5.76. The van der Waals surface area contributed by atoms with Gasteiger partial charge >= 0.3 is 5.63 Å². The minimum absolute atomic E-state index is 0.167. The summed E-state index contributed by atoms with van der Waals surface area (Å²) in [5, 5.41) is 19.5. The smallest absolute Gasteiger partial charge is 0.336 e. The van der Waals surface area contributed by atoms with Gasteiger partial charge in [0.25, 0.3) is 0 Å². The highest BCUT2D eigenvalue weighted by atomic mass is 16.5. The zero-order valence-electron chi connectivity index (χ0n) is 12.2. The standard InChI is InChI=1S/C15H18O7/c1-19-2-3-20-4-5-21-9-10-6-15(18)22-14-8-13(17)12(16)7-11(10)14/h6-8,16-17H,2-5,9H2,1H3. The van der Waals surface area contributed by atoms with Gasteiger partial charge in [0.05, 0.1) is 33.0 Å². The van der Waals surface area contributed by atoms with Gasteiger partial charge in [-0.05, 0) is 11.6 Å². The van der Waals surface area contributed by atoms with Crippen LogP contribution in [0.5, 0.6) is 11.5 Å². The van der Waals surface area contributed by atoms with Crippen molar-refractivity contribution in [2.45, 2.75) is 6.61 Å². The fourth-order valence-corrected chi connectivity index (χ4v) is 1.91. The number of phenolic OH excluding ortho intramolecular Hbond substituents is 2. The van der Waals surface area contributed by atoms with Crippen molar-refractivity contribution in [1.29, 1.82) is 0 Å². The maximum atomic E-state index is 11.5. The van der Waals surface area contributed by atoms with E-state index in [4.69, 9.17) is 18.6 Å². The highest BCUT2D eigenvalue weighted by molar-refractivity contribution is 5.83. The largest absolute Gasteiger partial charge is 0.504 e. The van der Waals surface area contributed by atoms with Crippen LogP contribution in [-0.4, -0.2) is 43.8 Å². The van der Waals surface area contributed by atoms with Crippen molar-refractivity contribution in [3.63, 3.8) is 0 Å². The number of benzene rings is 1. The molecule has 7 nitrogen and oxygen atoms in total. The Hall–Kier alpha value is -2.09. The molecule has 0 bridgehead atoms. The van der Waals surface area contributed by atoms with Crippen molar-refractivity contribution in [3.8, 4) is 11.5 Å². The van der Waals surface area contributed by atoms with Gasteiger partial charge in [0.2, 0.25) is 0 Å². The van der Waals surface area contributed by atoms with Crippen LogP contribution in [0.25, 0.3) is 11.0 Å². The average Bonchev–Trinajstić information content (AvgIpc) is 2.48. The first-order valence-electron chi connectivity index (χ1n) is 6.75. The Morgan fingerprint density at radius 3 is 2.45 bits per heavy atom. The van der Waals surface area contributed by atoms with Crippen molar-refractivity contribution in [2.75, 3.05) is 33.5 Å². The number of hydrogen-bond acceptors (Lipinski definition) is 7. The summed E-state index contributed by atoms with van der Waals surface area (Å²) < 4.78 is 20.5. The molecule has 2 N–H and O–H groups in total. The van der Waals surface area contributed by atoms with E-state index < -0.39 is 5.63 Å². The van der Waals surface area contributed by atoms with Crippen molar-refractivity contribution in [1.82, 2.24) is 0 Å².